The number of carbonyl (C=O) groups excluding carboxylic acids is 2. The molecule has 5 N–H and O–H groups in total. The highest BCUT2D eigenvalue weighted by Gasteiger charge is 2.31. The van der Waals surface area contributed by atoms with Gasteiger partial charge in [-0.15, -0.1) is 0 Å². The molecular weight excluding hydrogens is 448 g/mol. The highest BCUT2D eigenvalue weighted by atomic mass is 16.3. The number of nitrogens with two attached hydrogens (primary N) is 1. The molecule has 3 aromatic rings. The molecule has 35 heavy (non-hydrogen) atoms. The van der Waals surface area contributed by atoms with E-state index in [9.17, 15) is 14.7 Å². The molecule has 2 aromatic heterocycles. The molecule has 3 heterocycles. The molecule has 2 fully saturated rings. The summed E-state index contributed by atoms with van der Waals surface area (Å²) in [6.07, 6.45) is 6.94. The van der Waals surface area contributed by atoms with Gasteiger partial charge in [0.05, 0.1) is 30.2 Å². The number of nitrogens with one attached hydrogen (secondary N) is 2. The maximum atomic E-state index is 12.7. The smallest absolute Gasteiger partial charge is 0.271 e. The topological polar surface area (TPSA) is 151 Å². The van der Waals surface area contributed by atoms with Gasteiger partial charge < -0.3 is 26.4 Å². The van der Waals surface area contributed by atoms with Crippen LogP contribution in [0, 0.1) is 0 Å². The van der Waals surface area contributed by atoms with Gasteiger partial charge in [0.2, 0.25) is 0 Å². The molecule has 2 atom stereocenters. The Kier molecular flexibility index (Phi) is 6.08. The zero-order valence-corrected chi connectivity index (χ0v) is 19.4. The highest BCUT2D eigenvalue weighted by Crippen LogP contribution is 2.39. The number of aryl methyl sites for hydroxylation is 1. The van der Waals surface area contributed by atoms with Gasteiger partial charge in [0.25, 0.3) is 11.8 Å². The number of nitrogens with zero attached hydrogens (tertiary/aromatic N) is 5. The Balaban J connectivity index is 1.24. The van der Waals surface area contributed by atoms with Crippen LogP contribution in [0.15, 0.2) is 42.9 Å². The van der Waals surface area contributed by atoms with E-state index in [0.717, 1.165) is 0 Å². The second kappa shape index (κ2) is 9.34. The molecule has 182 valence electrons. The number of amides is 2. The Morgan fingerprint density at radius 1 is 1.14 bits per heavy atom. The molecule has 2 amide bonds. The van der Waals surface area contributed by atoms with Gasteiger partial charge in [-0.3, -0.25) is 14.3 Å². The van der Waals surface area contributed by atoms with E-state index < -0.39 is 12.0 Å². The average molecular weight is 477 g/mol. The van der Waals surface area contributed by atoms with Crippen molar-refractivity contribution in [1.82, 2.24) is 25.1 Å². The van der Waals surface area contributed by atoms with Crippen molar-refractivity contribution in [2.24, 2.45) is 12.8 Å². The summed E-state index contributed by atoms with van der Waals surface area (Å²) in [5, 5.41) is 20.8. The number of aliphatic hydroxyl groups excluding tert-OH is 1. The summed E-state index contributed by atoms with van der Waals surface area (Å²) in [5.74, 6) is 0.433. The Morgan fingerprint density at radius 2 is 1.91 bits per heavy atom. The number of benzene rings is 1. The van der Waals surface area contributed by atoms with Crippen LogP contribution < -0.4 is 21.3 Å². The van der Waals surface area contributed by atoms with Crippen molar-refractivity contribution >= 4 is 29.1 Å². The number of piperidine rings is 1. The SMILES string of the molecule is Cn1cc(Nc2nc(N3CC[C@@H](NC(=O)c4ccc(C5CC5)cc4)[C@H](O)C3)cnc2C(N)=O)cn1. The molecule has 11 heteroatoms. The number of hydrogen-bond donors (Lipinski definition) is 4. The maximum Gasteiger partial charge on any atom is 0.271 e. The summed E-state index contributed by atoms with van der Waals surface area (Å²) >= 11 is 0. The van der Waals surface area contributed by atoms with Crippen LogP contribution in [-0.4, -0.2) is 61.9 Å². The molecule has 1 aromatic carbocycles. The molecule has 1 aliphatic carbocycles. The molecule has 2 aliphatic rings. The van der Waals surface area contributed by atoms with E-state index in [-0.39, 0.29) is 30.0 Å². The second-order valence-corrected chi connectivity index (χ2v) is 9.10. The van der Waals surface area contributed by atoms with E-state index in [2.05, 4.69) is 25.7 Å². The zero-order valence-electron chi connectivity index (χ0n) is 19.4. The molecule has 5 rings (SSSR count). The van der Waals surface area contributed by atoms with Crippen molar-refractivity contribution in [3.8, 4) is 0 Å². The van der Waals surface area contributed by atoms with E-state index >= 15 is 0 Å². The minimum Gasteiger partial charge on any atom is -0.389 e. The highest BCUT2D eigenvalue weighted by molar-refractivity contribution is 5.96. The summed E-state index contributed by atoms with van der Waals surface area (Å²) in [6.45, 7) is 0.794. The van der Waals surface area contributed by atoms with E-state index in [0.29, 0.717) is 36.0 Å². The molecule has 0 unspecified atom stereocenters. The van der Waals surface area contributed by atoms with Gasteiger partial charge >= 0.3 is 0 Å². The third-order valence-corrected chi connectivity index (χ3v) is 6.40. The lowest BCUT2D eigenvalue weighted by Crippen LogP contribution is -2.54. The summed E-state index contributed by atoms with van der Waals surface area (Å²) in [5.41, 5.74) is 7.97. The average Bonchev–Trinajstić information content (AvgIpc) is 3.62. The maximum absolute atomic E-state index is 12.7. The number of aliphatic hydroxyl groups is 1. The molecule has 1 saturated heterocycles. The Hall–Kier alpha value is -3.99. The predicted molar refractivity (Wildman–Crippen MR) is 130 cm³/mol. The lowest BCUT2D eigenvalue weighted by molar-refractivity contribution is 0.0797. The van der Waals surface area contributed by atoms with Crippen molar-refractivity contribution < 1.29 is 14.7 Å². The number of primary amides is 1. The zero-order chi connectivity index (χ0) is 24.5. The van der Waals surface area contributed by atoms with E-state index in [1.54, 1.807) is 24.1 Å². The van der Waals surface area contributed by atoms with Crippen molar-refractivity contribution in [1.29, 1.82) is 0 Å². The first-order chi connectivity index (χ1) is 16.9. The first-order valence-electron chi connectivity index (χ1n) is 11.6. The van der Waals surface area contributed by atoms with Gasteiger partial charge in [0.1, 0.15) is 5.82 Å². The van der Waals surface area contributed by atoms with Gasteiger partial charge in [-0.1, -0.05) is 12.1 Å². The van der Waals surface area contributed by atoms with Gasteiger partial charge in [-0.2, -0.15) is 5.10 Å². The number of rotatable bonds is 7. The van der Waals surface area contributed by atoms with Crippen molar-refractivity contribution in [2.45, 2.75) is 37.3 Å². The molecule has 11 nitrogen and oxygen atoms in total. The third kappa shape index (κ3) is 5.09. The van der Waals surface area contributed by atoms with Crippen LogP contribution >= 0.6 is 0 Å². The molecule has 0 bridgehead atoms. The number of aromatic nitrogens is 4. The minimum atomic E-state index is -0.800. The normalized spacial score (nSPS) is 19.9. The van der Waals surface area contributed by atoms with Crippen molar-refractivity contribution in [3.63, 3.8) is 0 Å². The lowest BCUT2D eigenvalue weighted by atomic mass is 10.0. The number of anilines is 3. The molecule has 1 saturated carbocycles. The fraction of sp³-hybridized carbons (Fsp3) is 0.375. The van der Waals surface area contributed by atoms with Crippen LogP contribution in [0.1, 0.15) is 51.6 Å². The summed E-state index contributed by atoms with van der Waals surface area (Å²) in [4.78, 5) is 35.1. The van der Waals surface area contributed by atoms with Crippen LogP contribution in [-0.2, 0) is 7.05 Å². The van der Waals surface area contributed by atoms with Gasteiger partial charge in [0, 0.05) is 31.9 Å². The Bertz CT molecular complexity index is 1240. The van der Waals surface area contributed by atoms with Crippen LogP contribution in [0.5, 0.6) is 0 Å². The van der Waals surface area contributed by atoms with Gasteiger partial charge in [0.15, 0.2) is 11.5 Å². The number of hydrogen-bond acceptors (Lipinski definition) is 8. The first-order valence-corrected chi connectivity index (χ1v) is 11.6. The second-order valence-electron chi connectivity index (χ2n) is 9.10. The minimum absolute atomic E-state index is 0.00741. The third-order valence-electron chi connectivity index (χ3n) is 6.40. The Morgan fingerprint density at radius 3 is 2.54 bits per heavy atom. The van der Waals surface area contributed by atoms with Gasteiger partial charge in [-0.05, 0) is 42.9 Å². The standard InChI is InChI=1S/C24H28N8O3/c1-31-12-17(10-27-31)28-23-21(22(25)34)26-11-20(30-23)32-9-8-18(19(33)13-32)29-24(35)16-6-4-15(5-7-16)14-2-3-14/h4-7,10-12,14,18-19,33H,2-3,8-9,13H2,1H3,(H2,25,34)(H,28,30)(H,29,35)/t18-,19-/m1/s1. The van der Waals surface area contributed by atoms with E-state index in [4.69, 9.17) is 5.73 Å². The summed E-state index contributed by atoms with van der Waals surface area (Å²) in [6, 6.07) is 7.33. The molecular formula is C24H28N8O3. The lowest BCUT2D eigenvalue weighted by Gasteiger charge is -2.36. The van der Waals surface area contributed by atoms with Crippen molar-refractivity contribution in [3.05, 3.63) is 59.7 Å². The summed E-state index contributed by atoms with van der Waals surface area (Å²) < 4.78 is 1.61. The summed E-state index contributed by atoms with van der Waals surface area (Å²) in [7, 11) is 1.77. The van der Waals surface area contributed by atoms with Crippen LogP contribution in [0.4, 0.5) is 17.3 Å². The fourth-order valence-electron chi connectivity index (χ4n) is 4.31. The van der Waals surface area contributed by atoms with Crippen LogP contribution in [0.2, 0.25) is 0 Å². The predicted octanol–water partition coefficient (Wildman–Crippen LogP) is 1.30. The first kappa shape index (κ1) is 22.8. The molecule has 0 spiro atoms. The van der Waals surface area contributed by atoms with E-state index in [1.165, 1.54) is 24.6 Å². The number of carbonyl (C=O) groups is 2. The number of β-amino-alcohol motifs (C(OH)–C–C–N with tert-alkyl or cyclic N) is 1. The quantitative estimate of drug-likeness (QED) is 0.398. The van der Waals surface area contributed by atoms with Gasteiger partial charge in [-0.25, -0.2) is 9.97 Å². The monoisotopic (exact) mass is 476 g/mol. The molecule has 1 aliphatic heterocycles. The van der Waals surface area contributed by atoms with Crippen LogP contribution in [0.3, 0.4) is 0 Å². The van der Waals surface area contributed by atoms with Crippen molar-refractivity contribution in [2.75, 3.05) is 23.3 Å². The largest absolute Gasteiger partial charge is 0.389 e. The van der Waals surface area contributed by atoms with E-state index in [1.807, 2.05) is 29.2 Å². The van der Waals surface area contributed by atoms with Crippen LogP contribution in [0.25, 0.3) is 0 Å². The Labute approximate surface area is 202 Å². The molecule has 0 radical (unpaired) electrons. The fourth-order valence-corrected chi connectivity index (χ4v) is 4.31.